The summed E-state index contributed by atoms with van der Waals surface area (Å²) in [5, 5.41) is 3.10. The van der Waals surface area contributed by atoms with Crippen molar-refractivity contribution in [3.63, 3.8) is 0 Å². The van der Waals surface area contributed by atoms with E-state index in [2.05, 4.69) is 22.4 Å². The fourth-order valence-electron chi connectivity index (χ4n) is 3.77. The molecule has 5 nitrogen and oxygen atoms in total. The molecule has 1 amide bonds. The first-order valence-electron chi connectivity index (χ1n) is 9.08. The number of amides is 1. The van der Waals surface area contributed by atoms with Gasteiger partial charge in [0.05, 0.1) is 0 Å². The van der Waals surface area contributed by atoms with Gasteiger partial charge in [-0.3, -0.25) is 4.79 Å². The third kappa shape index (κ3) is 5.33. The Bertz CT molecular complexity index is 626. The zero-order chi connectivity index (χ0) is 16.9. The van der Waals surface area contributed by atoms with Crippen LogP contribution in [0.2, 0.25) is 0 Å². The Morgan fingerprint density at radius 1 is 1.20 bits per heavy atom. The van der Waals surface area contributed by atoms with Crippen LogP contribution in [-0.2, 0) is 17.6 Å². The smallest absolute Gasteiger partial charge is 0.244 e. The number of hydrogen-bond donors (Lipinski definition) is 2. The van der Waals surface area contributed by atoms with E-state index in [0.717, 1.165) is 24.9 Å². The van der Waals surface area contributed by atoms with Gasteiger partial charge in [0.2, 0.25) is 5.91 Å². The third-order valence-corrected chi connectivity index (χ3v) is 5.27. The molecule has 3 rings (SSSR count). The third-order valence-electron chi connectivity index (χ3n) is 5.27. The van der Waals surface area contributed by atoms with Crippen molar-refractivity contribution in [1.82, 2.24) is 4.90 Å². The highest BCUT2D eigenvalue weighted by Crippen LogP contribution is 2.25. The zero-order valence-corrected chi connectivity index (χ0v) is 17.3. The van der Waals surface area contributed by atoms with Gasteiger partial charge in [0.1, 0.15) is 6.54 Å². The maximum absolute atomic E-state index is 12.3. The molecule has 0 atom stereocenters. The van der Waals surface area contributed by atoms with Crippen molar-refractivity contribution < 1.29 is 4.79 Å². The number of rotatable bonds is 4. The molecule has 6 heteroatoms. The van der Waals surface area contributed by atoms with Crippen LogP contribution < -0.4 is 11.1 Å². The molecule has 0 bridgehead atoms. The van der Waals surface area contributed by atoms with E-state index in [1.54, 1.807) is 0 Å². The molecule has 0 spiro atoms. The summed E-state index contributed by atoms with van der Waals surface area (Å²) in [6.45, 7) is 0.108. The number of guanidine groups is 1. The lowest BCUT2D eigenvalue weighted by atomic mass is 9.94. The van der Waals surface area contributed by atoms with Crippen LogP contribution in [0.5, 0.6) is 0 Å². The fourth-order valence-corrected chi connectivity index (χ4v) is 3.77. The largest absolute Gasteiger partial charge is 0.370 e. The van der Waals surface area contributed by atoms with Gasteiger partial charge in [-0.05, 0) is 55.4 Å². The molecule has 138 valence electrons. The first kappa shape index (κ1) is 20.0. The van der Waals surface area contributed by atoms with E-state index in [1.165, 1.54) is 43.2 Å². The second kappa shape index (κ2) is 9.40. The minimum Gasteiger partial charge on any atom is -0.370 e. The molecule has 3 N–H and O–H groups in total. The molecule has 25 heavy (non-hydrogen) atoms. The van der Waals surface area contributed by atoms with Crippen LogP contribution in [0.1, 0.15) is 49.7 Å². The predicted molar refractivity (Wildman–Crippen MR) is 114 cm³/mol. The Labute approximate surface area is 167 Å². The summed E-state index contributed by atoms with van der Waals surface area (Å²) >= 11 is 0. The number of likely N-dealkylation sites (N-methyl/N-ethyl adjacent to an activating group) is 1. The van der Waals surface area contributed by atoms with E-state index >= 15 is 0 Å². The number of aryl methyl sites for hydroxylation is 2. The number of benzene rings is 1. The van der Waals surface area contributed by atoms with Gasteiger partial charge in [-0.15, -0.1) is 24.0 Å². The Hall–Kier alpha value is -1.31. The predicted octanol–water partition coefficient (Wildman–Crippen LogP) is 3.31. The van der Waals surface area contributed by atoms with Crippen molar-refractivity contribution in [2.24, 2.45) is 10.7 Å². The van der Waals surface area contributed by atoms with Gasteiger partial charge in [0.25, 0.3) is 0 Å². The number of fused-ring (bicyclic) bond motifs is 1. The molecule has 1 fully saturated rings. The molecule has 1 aromatic rings. The number of nitrogens with two attached hydrogens (primary N) is 1. The van der Waals surface area contributed by atoms with E-state index < -0.39 is 0 Å². The van der Waals surface area contributed by atoms with Gasteiger partial charge >= 0.3 is 0 Å². The summed E-state index contributed by atoms with van der Waals surface area (Å²) in [6, 6.07) is 6.69. The number of anilines is 1. The van der Waals surface area contributed by atoms with E-state index in [4.69, 9.17) is 5.73 Å². The zero-order valence-electron chi connectivity index (χ0n) is 15.0. The van der Waals surface area contributed by atoms with Crippen molar-refractivity contribution in [1.29, 1.82) is 0 Å². The van der Waals surface area contributed by atoms with Crippen LogP contribution in [-0.4, -0.2) is 36.4 Å². The number of hydrogen-bond acceptors (Lipinski definition) is 2. The molecular formula is C19H29IN4O. The van der Waals surface area contributed by atoms with Gasteiger partial charge in [-0.25, -0.2) is 4.99 Å². The average Bonchev–Trinajstić information content (AvgIpc) is 3.07. The van der Waals surface area contributed by atoms with Gasteiger partial charge < -0.3 is 16.0 Å². The lowest BCUT2D eigenvalue weighted by Gasteiger charge is -2.30. The van der Waals surface area contributed by atoms with Crippen molar-refractivity contribution >= 4 is 41.5 Å². The van der Waals surface area contributed by atoms with Gasteiger partial charge in [0.15, 0.2) is 5.96 Å². The minimum atomic E-state index is 0. The Balaban J connectivity index is 0.00000225. The number of carbonyl (C=O) groups is 1. The number of nitrogens with zero attached hydrogens (tertiary/aromatic N) is 2. The molecule has 1 aromatic carbocycles. The van der Waals surface area contributed by atoms with Crippen LogP contribution >= 0.6 is 24.0 Å². The van der Waals surface area contributed by atoms with Crippen molar-refractivity contribution in [2.75, 3.05) is 18.9 Å². The molecule has 0 heterocycles. The standard InChI is InChI=1S/C19H28N4O.HI/c1-23(17-8-3-2-4-9-17)18(24)13-21-19(20)22-16-11-10-14-6-5-7-15(14)12-16;/h10-12,17H,2-9,13H2,1H3,(H3,20,21,22);1H. The Kier molecular flexibility index (Phi) is 7.53. The highest BCUT2D eigenvalue weighted by molar-refractivity contribution is 14.0. The maximum Gasteiger partial charge on any atom is 0.244 e. The van der Waals surface area contributed by atoms with Gasteiger partial charge in [-0.2, -0.15) is 0 Å². The molecule has 2 aliphatic rings. The number of aliphatic imine (C=N–C) groups is 1. The van der Waals surface area contributed by atoms with Crippen LogP contribution in [0.3, 0.4) is 0 Å². The topological polar surface area (TPSA) is 70.7 Å². The summed E-state index contributed by atoms with van der Waals surface area (Å²) in [4.78, 5) is 18.4. The molecule has 0 saturated heterocycles. The summed E-state index contributed by atoms with van der Waals surface area (Å²) < 4.78 is 0. The SMILES string of the molecule is CN(C(=O)CN=C(N)Nc1ccc2c(c1)CCC2)C1CCCCC1.I. The van der Waals surface area contributed by atoms with Crippen LogP contribution in [0, 0.1) is 0 Å². The molecule has 1 saturated carbocycles. The second-order valence-electron chi connectivity index (χ2n) is 6.96. The van der Waals surface area contributed by atoms with E-state index in [1.807, 2.05) is 18.0 Å². The lowest BCUT2D eigenvalue weighted by molar-refractivity contribution is -0.130. The van der Waals surface area contributed by atoms with Gasteiger partial charge in [-0.1, -0.05) is 25.3 Å². The summed E-state index contributed by atoms with van der Waals surface area (Å²) in [5.41, 5.74) is 9.72. The minimum absolute atomic E-state index is 0. The number of halogens is 1. The maximum atomic E-state index is 12.3. The normalized spacial score (nSPS) is 17.6. The monoisotopic (exact) mass is 456 g/mol. The van der Waals surface area contributed by atoms with Crippen LogP contribution in [0.15, 0.2) is 23.2 Å². The van der Waals surface area contributed by atoms with E-state index in [9.17, 15) is 4.79 Å². The fraction of sp³-hybridized carbons (Fsp3) is 0.579. The lowest BCUT2D eigenvalue weighted by Crippen LogP contribution is -2.40. The van der Waals surface area contributed by atoms with Crippen LogP contribution in [0.4, 0.5) is 5.69 Å². The van der Waals surface area contributed by atoms with E-state index in [-0.39, 0.29) is 36.4 Å². The highest BCUT2D eigenvalue weighted by Gasteiger charge is 2.21. The second-order valence-corrected chi connectivity index (χ2v) is 6.96. The molecule has 0 aliphatic heterocycles. The highest BCUT2D eigenvalue weighted by atomic mass is 127. The molecule has 0 aromatic heterocycles. The van der Waals surface area contributed by atoms with Crippen molar-refractivity contribution in [3.05, 3.63) is 29.3 Å². The average molecular weight is 456 g/mol. The first-order chi connectivity index (χ1) is 11.6. The Morgan fingerprint density at radius 3 is 2.68 bits per heavy atom. The summed E-state index contributed by atoms with van der Waals surface area (Å²) in [7, 11) is 1.89. The van der Waals surface area contributed by atoms with Crippen molar-refractivity contribution in [3.8, 4) is 0 Å². The van der Waals surface area contributed by atoms with E-state index in [0.29, 0.717) is 12.0 Å². The quantitative estimate of drug-likeness (QED) is 0.415. The molecule has 0 unspecified atom stereocenters. The number of carbonyl (C=O) groups excluding carboxylic acids is 1. The molecule has 0 radical (unpaired) electrons. The first-order valence-corrected chi connectivity index (χ1v) is 9.08. The van der Waals surface area contributed by atoms with Crippen molar-refractivity contribution in [2.45, 2.75) is 57.4 Å². The Morgan fingerprint density at radius 2 is 1.92 bits per heavy atom. The van der Waals surface area contributed by atoms with Crippen LogP contribution in [0.25, 0.3) is 0 Å². The molecular weight excluding hydrogens is 427 g/mol. The van der Waals surface area contributed by atoms with Gasteiger partial charge in [0, 0.05) is 18.8 Å². The number of nitrogens with one attached hydrogen (secondary N) is 1. The summed E-state index contributed by atoms with van der Waals surface area (Å²) in [5.74, 6) is 0.346. The molecule has 2 aliphatic carbocycles. The summed E-state index contributed by atoms with van der Waals surface area (Å²) in [6.07, 6.45) is 9.46.